The molecule has 6 heteroatoms. The fourth-order valence-corrected chi connectivity index (χ4v) is 3.13. The largest absolute Gasteiger partial charge is 0.352 e. The lowest BCUT2D eigenvalue weighted by molar-refractivity contribution is 1.14. The van der Waals surface area contributed by atoms with Crippen LogP contribution in [-0.2, 0) is 0 Å². The highest BCUT2D eigenvalue weighted by Crippen LogP contribution is 2.38. The van der Waals surface area contributed by atoms with Crippen molar-refractivity contribution in [2.45, 2.75) is 5.03 Å². The summed E-state index contributed by atoms with van der Waals surface area (Å²) in [5.41, 5.74) is 2.67. The fourth-order valence-electron chi connectivity index (χ4n) is 1.73. The molecule has 0 bridgehead atoms. The summed E-state index contributed by atoms with van der Waals surface area (Å²) in [4.78, 5) is 4.24. The number of hydrogen-bond donors (Lipinski definition) is 1. The van der Waals surface area contributed by atoms with Crippen LogP contribution < -0.4 is 5.32 Å². The Morgan fingerprint density at radius 3 is 2.74 bits per heavy atom. The molecule has 0 aliphatic carbocycles. The maximum atomic E-state index is 6.20. The number of anilines is 1. The molecule has 0 amide bonds. The van der Waals surface area contributed by atoms with Crippen LogP contribution in [0.3, 0.4) is 0 Å². The maximum absolute atomic E-state index is 6.20. The standard InChI is InChI=1S/C13H7Cl3N2S/c14-7-1-2-9(15)8(5-7)11-6-19-13-10(17-11)3-4-12(16)18-13/h1-6,17H. The third-order valence-electron chi connectivity index (χ3n) is 2.60. The molecule has 2 aromatic rings. The molecule has 0 atom stereocenters. The van der Waals surface area contributed by atoms with E-state index in [1.54, 1.807) is 18.2 Å². The number of benzene rings is 1. The van der Waals surface area contributed by atoms with Gasteiger partial charge in [-0.15, -0.1) is 0 Å². The number of halogens is 3. The molecule has 3 rings (SSSR count). The van der Waals surface area contributed by atoms with Crippen molar-refractivity contribution >= 4 is 57.9 Å². The van der Waals surface area contributed by atoms with Crippen molar-refractivity contribution in [3.63, 3.8) is 0 Å². The van der Waals surface area contributed by atoms with E-state index in [-0.39, 0.29) is 0 Å². The van der Waals surface area contributed by atoms with Gasteiger partial charge >= 0.3 is 0 Å². The van der Waals surface area contributed by atoms with Gasteiger partial charge in [-0.3, -0.25) is 0 Å². The summed E-state index contributed by atoms with van der Waals surface area (Å²) in [7, 11) is 0. The summed E-state index contributed by atoms with van der Waals surface area (Å²) >= 11 is 19.6. The van der Waals surface area contributed by atoms with Crippen molar-refractivity contribution in [2.75, 3.05) is 5.32 Å². The van der Waals surface area contributed by atoms with Crippen LogP contribution in [0.15, 0.2) is 40.8 Å². The van der Waals surface area contributed by atoms with E-state index in [1.807, 2.05) is 17.5 Å². The average molecular weight is 330 g/mol. The summed E-state index contributed by atoms with van der Waals surface area (Å²) < 4.78 is 0. The third-order valence-corrected chi connectivity index (χ3v) is 4.27. The van der Waals surface area contributed by atoms with Gasteiger partial charge in [0.2, 0.25) is 0 Å². The number of hydrogen-bond acceptors (Lipinski definition) is 3. The van der Waals surface area contributed by atoms with Crippen LogP contribution in [0.2, 0.25) is 15.2 Å². The van der Waals surface area contributed by atoms with E-state index in [9.17, 15) is 0 Å². The first-order chi connectivity index (χ1) is 9.13. The van der Waals surface area contributed by atoms with Crippen LogP contribution in [0.4, 0.5) is 5.69 Å². The lowest BCUT2D eigenvalue weighted by atomic mass is 10.1. The second-order valence-corrected chi connectivity index (χ2v) is 5.97. The number of nitrogens with one attached hydrogen (secondary N) is 1. The van der Waals surface area contributed by atoms with E-state index in [0.717, 1.165) is 22.0 Å². The second kappa shape index (κ2) is 5.25. The molecule has 1 aromatic carbocycles. The molecule has 0 fully saturated rings. The quantitative estimate of drug-likeness (QED) is 0.693. The van der Waals surface area contributed by atoms with E-state index >= 15 is 0 Å². The van der Waals surface area contributed by atoms with Gasteiger partial charge < -0.3 is 5.32 Å². The van der Waals surface area contributed by atoms with E-state index in [2.05, 4.69) is 10.3 Å². The molecule has 2 heterocycles. The zero-order valence-corrected chi connectivity index (χ0v) is 12.5. The van der Waals surface area contributed by atoms with Gasteiger partial charge in [0.15, 0.2) is 0 Å². The molecule has 19 heavy (non-hydrogen) atoms. The second-order valence-electron chi connectivity index (χ2n) is 3.89. The van der Waals surface area contributed by atoms with Crippen molar-refractivity contribution < 1.29 is 0 Å². The first kappa shape index (κ1) is 13.1. The first-order valence-electron chi connectivity index (χ1n) is 5.39. The highest BCUT2D eigenvalue weighted by molar-refractivity contribution is 8.02. The average Bonchev–Trinajstić information content (AvgIpc) is 2.41. The Hall–Kier alpha value is -0.870. The molecule has 0 spiro atoms. The smallest absolute Gasteiger partial charge is 0.130 e. The minimum absolute atomic E-state index is 0.477. The summed E-state index contributed by atoms with van der Waals surface area (Å²) in [6, 6.07) is 9.01. The summed E-state index contributed by atoms with van der Waals surface area (Å²) in [6.07, 6.45) is 0. The van der Waals surface area contributed by atoms with E-state index in [1.165, 1.54) is 11.8 Å². The number of nitrogens with zero attached hydrogens (tertiary/aromatic N) is 1. The topological polar surface area (TPSA) is 24.9 Å². The maximum Gasteiger partial charge on any atom is 0.130 e. The monoisotopic (exact) mass is 328 g/mol. The summed E-state index contributed by atoms with van der Waals surface area (Å²) in [5.74, 6) is 0. The van der Waals surface area contributed by atoms with Crippen molar-refractivity contribution in [3.05, 3.63) is 56.5 Å². The van der Waals surface area contributed by atoms with Crippen LogP contribution in [0, 0.1) is 0 Å². The Morgan fingerprint density at radius 1 is 1.05 bits per heavy atom. The molecule has 96 valence electrons. The Labute approximate surface area is 129 Å². The molecular weight excluding hydrogens is 323 g/mol. The van der Waals surface area contributed by atoms with Crippen LogP contribution in [-0.4, -0.2) is 4.98 Å². The Morgan fingerprint density at radius 2 is 1.89 bits per heavy atom. The van der Waals surface area contributed by atoms with Gasteiger partial charge in [0.25, 0.3) is 0 Å². The van der Waals surface area contributed by atoms with E-state index in [0.29, 0.717) is 15.2 Å². The molecule has 0 unspecified atom stereocenters. The highest BCUT2D eigenvalue weighted by atomic mass is 35.5. The zero-order valence-electron chi connectivity index (χ0n) is 9.45. The Kier molecular flexibility index (Phi) is 3.63. The number of rotatable bonds is 1. The Balaban J connectivity index is 1.99. The number of pyridine rings is 1. The van der Waals surface area contributed by atoms with Crippen LogP contribution in [0.1, 0.15) is 5.56 Å². The van der Waals surface area contributed by atoms with Gasteiger partial charge in [0.05, 0.1) is 11.4 Å². The predicted molar refractivity (Wildman–Crippen MR) is 83.2 cm³/mol. The lowest BCUT2D eigenvalue weighted by Gasteiger charge is -2.19. The summed E-state index contributed by atoms with van der Waals surface area (Å²) in [5, 5.41) is 7.84. The van der Waals surface area contributed by atoms with Crippen LogP contribution >= 0.6 is 46.6 Å². The van der Waals surface area contributed by atoms with Crippen LogP contribution in [0.25, 0.3) is 5.70 Å². The minimum Gasteiger partial charge on any atom is -0.352 e. The fraction of sp³-hybridized carbons (Fsp3) is 0. The molecule has 2 nitrogen and oxygen atoms in total. The molecule has 1 aliphatic heterocycles. The third kappa shape index (κ3) is 2.70. The molecule has 0 saturated heterocycles. The zero-order chi connectivity index (χ0) is 13.4. The SMILES string of the molecule is Clc1ccc(Cl)c(C2=CSc3nc(Cl)ccc3N2)c1. The van der Waals surface area contributed by atoms with Crippen molar-refractivity contribution in [3.8, 4) is 0 Å². The highest BCUT2D eigenvalue weighted by Gasteiger charge is 2.16. The van der Waals surface area contributed by atoms with Crippen molar-refractivity contribution in [2.24, 2.45) is 0 Å². The molecule has 1 N–H and O–H groups in total. The van der Waals surface area contributed by atoms with Gasteiger partial charge in [0, 0.05) is 21.0 Å². The normalized spacial score (nSPS) is 13.5. The van der Waals surface area contributed by atoms with Crippen molar-refractivity contribution in [1.29, 1.82) is 0 Å². The number of thioether (sulfide) groups is 1. The predicted octanol–water partition coefficient (Wildman–Crippen LogP) is 5.56. The molecular formula is C13H7Cl3N2S. The number of aromatic nitrogens is 1. The molecule has 1 aliphatic rings. The van der Waals surface area contributed by atoms with E-state index in [4.69, 9.17) is 34.8 Å². The van der Waals surface area contributed by atoms with Crippen molar-refractivity contribution in [1.82, 2.24) is 4.98 Å². The summed E-state index contributed by atoms with van der Waals surface area (Å²) in [6.45, 7) is 0. The van der Waals surface area contributed by atoms with Gasteiger partial charge in [-0.25, -0.2) is 4.98 Å². The molecule has 0 radical (unpaired) electrons. The minimum atomic E-state index is 0.477. The molecule has 1 aromatic heterocycles. The first-order valence-corrected chi connectivity index (χ1v) is 7.40. The van der Waals surface area contributed by atoms with Gasteiger partial charge in [-0.1, -0.05) is 46.6 Å². The van der Waals surface area contributed by atoms with E-state index < -0.39 is 0 Å². The number of fused-ring (bicyclic) bond motifs is 1. The van der Waals surface area contributed by atoms with Crippen LogP contribution in [0.5, 0.6) is 0 Å². The lowest BCUT2D eigenvalue weighted by Crippen LogP contribution is -2.04. The van der Waals surface area contributed by atoms with Gasteiger partial charge in [-0.05, 0) is 30.3 Å². The van der Waals surface area contributed by atoms with Gasteiger partial charge in [-0.2, -0.15) is 0 Å². The molecule has 0 saturated carbocycles. The Bertz CT molecular complexity index is 686. The van der Waals surface area contributed by atoms with Gasteiger partial charge in [0.1, 0.15) is 10.2 Å².